The molecule has 1 atom stereocenters. The average molecular weight is 517 g/mol. The molecule has 0 unspecified atom stereocenters. The molecule has 0 saturated carbocycles. The summed E-state index contributed by atoms with van der Waals surface area (Å²) in [6.07, 6.45) is 1.11. The fraction of sp³-hybridized carbons (Fsp3) is 0.292. The quantitative estimate of drug-likeness (QED) is 0.517. The molecule has 2 heterocycles. The van der Waals surface area contributed by atoms with E-state index in [9.17, 15) is 18.0 Å². The standard InChI is InChI=1S/C24H25ClN4O5S/c1-15-11-22(30)28-23(26-15)16-5-3-7-18(12-16)27-24(31)17-6-4-10-29(14-17)35(32,33)19-8-9-21(34-2)20(25)13-19/h3,5,7-9,11-13,17H,4,6,10,14H2,1-2H3,(H,27,31)(H,26,28,30)/t17-/m1/s1. The number of aryl methyl sites for hydroxylation is 1. The third kappa shape index (κ3) is 5.55. The molecule has 1 aliphatic heterocycles. The number of H-pyrrole nitrogens is 1. The fourth-order valence-corrected chi connectivity index (χ4v) is 5.91. The largest absolute Gasteiger partial charge is 0.495 e. The number of anilines is 1. The fourth-order valence-electron chi connectivity index (χ4n) is 4.04. The van der Waals surface area contributed by atoms with Crippen LogP contribution in [0.1, 0.15) is 18.5 Å². The van der Waals surface area contributed by atoms with Crippen LogP contribution in [0.15, 0.2) is 58.2 Å². The van der Waals surface area contributed by atoms with Gasteiger partial charge in [0.2, 0.25) is 15.9 Å². The minimum atomic E-state index is -3.83. The van der Waals surface area contributed by atoms with E-state index in [1.807, 2.05) is 0 Å². The van der Waals surface area contributed by atoms with Crippen molar-refractivity contribution in [1.82, 2.24) is 14.3 Å². The zero-order valence-electron chi connectivity index (χ0n) is 19.2. The summed E-state index contributed by atoms with van der Waals surface area (Å²) in [7, 11) is -2.37. The number of carbonyl (C=O) groups excluding carboxylic acids is 1. The van der Waals surface area contributed by atoms with Crippen LogP contribution < -0.4 is 15.6 Å². The molecule has 2 N–H and O–H groups in total. The van der Waals surface area contributed by atoms with E-state index in [1.165, 1.54) is 35.7 Å². The molecule has 11 heteroatoms. The Hall–Kier alpha value is -3.21. The number of hydrogen-bond donors (Lipinski definition) is 2. The summed E-state index contributed by atoms with van der Waals surface area (Å²) < 4.78 is 32.8. The minimum absolute atomic E-state index is 0.0525. The highest BCUT2D eigenvalue weighted by molar-refractivity contribution is 7.89. The molecule has 0 bridgehead atoms. The maximum Gasteiger partial charge on any atom is 0.251 e. The number of rotatable bonds is 6. The number of hydrogen-bond acceptors (Lipinski definition) is 6. The maximum absolute atomic E-state index is 13.2. The van der Waals surface area contributed by atoms with Crippen LogP contribution in [0.25, 0.3) is 11.4 Å². The van der Waals surface area contributed by atoms with Gasteiger partial charge in [0.25, 0.3) is 5.56 Å². The van der Waals surface area contributed by atoms with E-state index in [-0.39, 0.29) is 27.9 Å². The summed E-state index contributed by atoms with van der Waals surface area (Å²) >= 11 is 6.12. The summed E-state index contributed by atoms with van der Waals surface area (Å²) in [5, 5.41) is 3.07. The van der Waals surface area contributed by atoms with E-state index in [4.69, 9.17) is 16.3 Å². The van der Waals surface area contributed by atoms with Crippen molar-refractivity contribution in [1.29, 1.82) is 0 Å². The Morgan fingerprint density at radius 3 is 2.74 bits per heavy atom. The third-order valence-corrected chi connectivity index (χ3v) is 7.95. The van der Waals surface area contributed by atoms with Gasteiger partial charge in [-0.05, 0) is 50.1 Å². The molecule has 1 aliphatic rings. The average Bonchev–Trinajstić information content (AvgIpc) is 2.83. The van der Waals surface area contributed by atoms with Crippen LogP contribution in [0.3, 0.4) is 0 Å². The number of halogens is 1. The lowest BCUT2D eigenvalue weighted by atomic mass is 9.98. The van der Waals surface area contributed by atoms with Gasteiger partial charge in [0.1, 0.15) is 11.6 Å². The topological polar surface area (TPSA) is 121 Å². The number of aromatic nitrogens is 2. The third-order valence-electron chi connectivity index (χ3n) is 5.79. The normalized spacial score (nSPS) is 16.6. The first-order valence-corrected chi connectivity index (χ1v) is 12.8. The van der Waals surface area contributed by atoms with Gasteiger partial charge < -0.3 is 15.0 Å². The number of nitrogens with one attached hydrogen (secondary N) is 2. The van der Waals surface area contributed by atoms with Gasteiger partial charge in [-0.2, -0.15) is 4.31 Å². The Morgan fingerprint density at radius 1 is 1.23 bits per heavy atom. The Morgan fingerprint density at radius 2 is 2.03 bits per heavy atom. The van der Waals surface area contributed by atoms with E-state index in [2.05, 4.69) is 15.3 Å². The van der Waals surface area contributed by atoms with Crippen molar-refractivity contribution in [3.05, 3.63) is 69.6 Å². The zero-order chi connectivity index (χ0) is 25.2. The van der Waals surface area contributed by atoms with E-state index >= 15 is 0 Å². The summed E-state index contributed by atoms with van der Waals surface area (Å²) in [4.78, 5) is 31.9. The van der Waals surface area contributed by atoms with Gasteiger partial charge in [-0.25, -0.2) is 13.4 Å². The summed E-state index contributed by atoms with van der Waals surface area (Å²) in [6, 6.07) is 12.7. The minimum Gasteiger partial charge on any atom is -0.495 e. The van der Waals surface area contributed by atoms with Crippen molar-refractivity contribution >= 4 is 33.2 Å². The van der Waals surface area contributed by atoms with Crippen LogP contribution >= 0.6 is 11.6 Å². The molecule has 1 saturated heterocycles. The Labute approximate surface area is 208 Å². The van der Waals surface area contributed by atoms with Crippen LogP contribution in [0.4, 0.5) is 5.69 Å². The number of benzene rings is 2. The van der Waals surface area contributed by atoms with Gasteiger partial charge >= 0.3 is 0 Å². The lowest BCUT2D eigenvalue weighted by Gasteiger charge is -2.31. The van der Waals surface area contributed by atoms with Crippen LogP contribution in [0.2, 0.25) is 5.02 Å². The van der Waals surface area contributed by atoms with E-state index in [1.54, 1.807) is 31.2 Å². The monoisotopic (exact) mass is 516 g/mol. The van der Waals surface area contributed by atoms with Crippen molar-refractivity contribution in [3.63, 3.8) is 0 Å². The van der Waals surface area contributed by atoms with Crippen molar-refractivity contribution in [2.24, 2.45) is 5.92 Å². The first-order chi connectivity index (χ1) is 16.7. The molecule has 1 fully saturated rings. The number of piperidine rings is 1. The molecular formula is C24H25ClN4O5S. The second-order valence-corrected chi connectivity index (χ2v) is 10.6. The zero-order valence-corrected chi connectivity index (χ0v) is 20.8. The Bertz CT molecular complexity index is 1420. The second-order valence-electron chi connectivity index (χ2n) is 8.30. The highest BCUT2D eigenvalue weighted by Crippen LogP contribution is 2.30. The lowest BCUT2D eigenvalue weighted by Crippen LogP contribution is -2.43. The summed E-state index contributed by atoms with van der Waals surface area (Å²) in [6.45, 7) is 2.11. The molecule has 1 aromatic heterocycles. The molecule has 3 aromatic rings. The number of nitrogens with zero attached hydrogens (tertiary/aromatic N) is 2. The van der Waals surface area contributed by atoms with Crippen molar-refractivity contribution in [3.8, 4) is 17.1 Å². The highest BCUT2D eigenvalue weighted by Gasteiger charge is 2.33. The molecule has 0 radical (unpaired) electrons. The highest BCUT2D eigenvalue weighted by atomic mass is 35.5. The van der Waals surface area contributed by atoms with E-state index in [0.29, 0.717) is 47.9 Å². The second kappa shape index (κ2) is 10.2. The van der Waals surface area contributed by atoms with Crippen LogP contribution in [-0.2, 0) is 14.8 Å². The Balaban J connectivity index is 1.49. The number of methoxy groups -OCH3 is 1. The number of carbonyl (C=O) groups is 1. The molecular weight excluding hydrogens is 492 g/mol. The first kappa shape index (κ1) is 24.9. The predicted molar refractivity (Wildman–Crippen MR) is 133 cm³/mol. The molecule has 0 aliphatic carbocycles. The first-order valence-electron chi connectivity index (χ1n) is 11.0. The summed E-state index contributed by atoms with van der Waals surface area (Å²) in [5.74, 6) is -0.0128. The molecule has 9 nitrogen and oxygen atoms in total. The summed E-state index contributed by atoms with van der Waals surface area (Å²) in [5.41, 5.74) is 1.50. The van der Waals surface area contributed by atoms with Gasteiger partial charge in [-0.15, -0.1) is 0 Å². The lowest BCUT2D eigenvalue weighted by molar-refractivity contribution is -0.120. The van der Waals surface area contributed by atoms with E-state index in [0.717, 1.165) is 0 Å². The van der Waals surface area contributed by atoms with Crippen LogP contribution in [0, 0.1) is 12.8 Å². The van der Waals surface area contributed by atoms with Gasteiger partial charge in [0.15, 0.2) is 0 Å². The van der Waals surface area contributed by atoms with Crippen LogP contribution in [0.5, 0.6) is 5.75 Å². The van der Waals surface area contributed by atoms with Gasteiger partial charge in [0, 0.05) is 36.1 Å². The molecule has 0 spiro atoms. The van der Waals surface area contributed by atoms with Gasteiger partial charge in [-0.1, -0.05) is 23.7 Å². The number of aromatic amines is 1. The smallest absolute Gasteiger partial charge is 0.251 e. The van der Waals surface area contributed by atoms with Gasteiger partial charge in [0.05, 0.1) is 22.9 Å². The number of ether oxygens (including phenoxy) is 1. The molecule has 1 amide bonds. The number of amides is 1. The molecule has 184 valence electrons. The van der Waals surface area contributed by atoms with E-state index < -0.39 is 15.9 Å². The number of sulfonamides is 1. The van der Waals surface area contributed by atoms with Crippen molar-refractivity contribution in [2.75, 3.05) is 25.5 Å². The predicted octanol–water partition coefficient (Wildman–Crippen LogP) is 3.45. The van der Waals surface area contributed by atoms with Gasteiger partial charge in [-0.3, -0.25) is 9.59 Å². The Kier molecular flexibility index (Phi) is 7.25. The van der Waals surface area contributed by atoms with Crippen molar-refractivity contribution < 1.29 is 17.9 Å². The van der Waals surface area contributed by atoms with Crippen LogP contribution in [-0.4, -0.2) is 48.8 Å². The van der Waals surface area contributed by atoms with Crippen molar-refractivity contribution in [2.45, 2.75) is 24.7 Å². The maximum atomic E-state index is 13.2. The molecule has 35 heavy (non-hydrogen) atoms. The SMILES string of the molecule is COc1ccc(S(=O)(=O)N2CCC[C@@H](C(=O)Nc3cccc(-c4nc(C)cc(=O)[nH]4)c3)C2)cc1Cl. The molecule has 4 rings (SSSR count). The molecule has 2 aromatic carbocycles.